The van der Waals surface area contributed by atoms with E-state index in [-0.39, 0.29) is 0 Å². The van der Waals surface area contributed by atoms with Gasteiger partial charge in [0.05, 0.1) is 13.2 Å². The van der Waals surface area contributed by atoms with Crippen LogP contribution in [0.2, 0.25) is 0 Å². The second kappa shape index (κ2) is 7.89. The molecule has 3 aromatic rings. The van der Waals surface area contributed by atoms with Gasteiger partial charge < -0.3 is 15.0 Å². The van der Waals surface area contributed by atoms with E-state index in [2.05, 4.69) is 49.4 Å². The number of H-pyrrole nitrogens is 1. The minimum absolute atomic E-state index is 0.711. The van der Waals surface area contributed by atoms with Gasteiger partial charge in [0.2, 0.25) is 5.95 Å². The molecule has 2 aliphatic rings. The quantitative estimate of drug-likeness (QED) is 0.658. The maximum Gasteiger partial charge on any atom is 0.224 e. The first-order valence-corrected chi connectivity index (χ1v) is 10.3. The molecule has 1 aromatic carbocycles. The van der Waals surface area contributed by atoms with Crippen LogP contribution in [-0.2, 0) is 11.3 Å². The molecule has 2 fully saturated rings. The number of hydrogen-bond acceptors (Lipinski definition) is 5. The molecule has 0 unspecified atom stereocenters. The molecule has 3 heterocycles. The number of fused-ring (bicyclic) bond motifs is 1. The molecule has 1 aliphatic heterocycles. The van der Waals surface area contributed by atoms with Crippen molar-refractivity contribution >= 4 is 17.0 Å². The summed E-state index contributed by atoms with van der Waals surface area (Å²) in [4.78, 5) is 14.9. The molecule has 1 saturated carbocycles. The lowest BCUT2D eigenvalue weighted by molar-refractivity contribution is 0.0342. The number of hydrogen-bond donors (Lipinski definition) is 2. The summed E-state index contributed by atoms with van der Waals surface area (Å²) >= 11 is 0. The SMILES string of the molecule is c1cc(-c2c[nH]c3nc(NCCC4CC4)ncc23)ccc1CN1CCOCC1. The highest BCUT2D eigenvalue weighted by Crippen LogP contribution is 2.32. The zero-order chi connectivity index (χ0) is 18.8. The lowest BCUT2D eigenvalue weighted by atomic mass is 10.0. The average molecular weight is 377 g/mol. The van der Waals surface area contributed by atoms with Crippen LogP contribution in [0.25, 0.3) is 22.2 Å². The third-order valence-corrected chi connectivity index (χ3v) is 5.74. The Balaban J connectivity index is 1.28. The molecule has 6 nitrogen and oxygen atoms in total. The summed E-state index contributed by atoms with van der Waals surface area (Å²) in [7, 11) is 0. The first-order valence-electron chi connectivity index (χ1n) is 10.3. The molecule has 146 valence electrons. The van der Waals surface area contributed by atoms with E-state index in [0.717, 1.165) is 61.9 Å². The summed E-state index contributed by atoms with van der Waals surface area (Å²) in [5.74, 6) is 1.63. The zero-order valence-electron chi connectivity index (χ0n) is 16.2. The number of aromatic amines is 1. The fourth-order valence-electron chi connectivity index (χ4n) is 3.83. The number of benzene rings is 1. The molecule has 6 heteroatoms. The summed E-state index contributed by atoms with van der Waals surface area (Å²) in [5.41, 5.74) is 4.56. The van der Waals surface area contributed by atoms with Gasteiger partial charge in [-0.05, 0) is 23.5 Å². The number of rotatable bonds is 7. The molecule has 2 N–H and O–H groups in total. The maximum atomic E-state index is 5.43. The summed E-state index contributed by atoms with van der Waals surface area (Å²) in [5, 5.41) is 4.41. The van der Waals surface area contributed by atoms with Crippen LogP contribution in [0.1, 0.15) is 24.8 Å². The van der Waals surface area contributed by atoms with E-state index in [1.54, 1.807) is 0 Å². The van der Waals surface area contributed by atoms with Gasteiger partial charge in [0.1, 0.15) is 5.65 Å². The van der Waals surface area contributed by atoms with Gasteiger partial charge in [-0.2, -0.15) is 4.98 Å². The van der Waals surface area contributed by atoms with E-state index in [0.29, 0.717) is 5.95 Å². The van der Waals surface area contributed by atoms with Gasteiger partial charge in [-0.3, -0.25) is 4.90 Å². The second-order valence-electron chi connectivity index (χ2n) is 7.90. The lowest BCUT2D eigenvalue weighted by Gasteiger charge is -2.26. The Bertz CT molecular complexity index is 926. The van der Waals surface area contributed by atoms with Gasteiger partial charge >= 0.3 is 0 Å². The average Bonchev–Trinajstić information content (AvgIpc) is 3.46. The van der Waals surface area contributed by atoms with Gasteiger partial charge in [0, 0.05) is 49.5 Å². The Morgan fingerprint density at radius 1 is 1.14 bits per heavy atom. The van der Waals surface area contributed by atoms with Crippen LogP contribution >= 0.6 is 0 Å². The Labute approximate surface area is 165 Å². The minimum atomic E-state index is 0.711. The first-order chi connectivity index (χ1) is 13.8. The molecule has 2 aromatic heterocycles. The highest BCUT2D eigenvalue weighted by molar-refractivity contribution is 5.93. The van der Waals surface area contributed by atoms with E-state index in [4.69, 9.17) is 4.74 Å². The molecule has 1 saturated heterocycles. The summed E-state index contributed by atoms with van der Waals surface area (Å²) < 4.78 is 5.43. The molecule has 0 atom stereocenters. The Hall–Kier alpha value is -2.44. The smallest absolute Gasteiger partial charge is 0.224 e. The number of aromatic nitrogens is 3. The molecule has 0 radical (unpaired) electrons. The third-order valence-electron chi connectivity index (χ3n) is 5.74. The van der Waals surface area contributed by atoms with Crippen molar-refractivity contribution in [1.82, 2.24) is 19.9 Å². The van der Waals surface area contributed by atoms with Gasteiger partial charge in [-0.25, -0.2) is 4.98 Å². The van der Waals surface area contributed by atoms with Gasteiger partial charge in [-0.1, -0.05) is 37.1 Å². The molecule has 0 amide bonds. The van der Waals surface area contributed by atoms with Crippen molar-refractivity contribution in [3.05, 3.63) is 42.2 Å². The van der Waals surface area contributed by atoms with Crippen LogP contribution in [0.3, 0.4) is 0 Å². The second-order valence-corrected chi connectivity index (χ2v) is 7.90. The minimum Gasteiger partial charge on any atom is -0.379 e. The van der Waals surface area contributed by atoms with Crippen LogP contribution in [0.4, 0.5) is 5.95 Å². The molecule has 28 heavy (non-hydrogen) atoms. The van der Waals surface area contributed by atoms with Crippen LogP contribution in [0, 0.1) is 5.92 Å². The topological polar surface area (TPSA) is 66.1 Å². The largest absolute Gasteiger partial charge is 0.379 e. The lowest BCUT2D eigenvalue weighted by Crippen LogP contribution is -2.35. The van der Waals surface area contributed by atoms with Crippen LogP contribution in [0.5, 0.6) is 0 Å². The summed E-state index contributed by atoms with van der Waals surface area (Å²) in [6.45, 7) is 5.64. The predicted molar refractivity (Wildman–Crippen MR) is 111 cm³/mol. The highest BCUT2D eigenvalue weighted by atomic mass is 16.5. The van der Waals surface area contributed by atoms with E-state index >= 15 is 0 Å². The molecule has 0 spiro atoms. The van der Waals surface area contributed by atoms with Crippen molar-refractivity contribution in [2.75, 3.05) is 38.2 Å². The van der Waals surface area contributed by atoms with Gasteiger partial charge in [-0.15, -0.1) is 0 Å². The Morgan fingerprint density at radius 3 is 2.75 bits per heavy atom. The number of ether oxygens (including phenoxy) is 1. The molecular weight excluding hydrogens is 350 g/mol. The van der Waals surface area contributed by atoms with Crippen LogP contribution in [0.15, 0.2) is 36.7 Å². The number of nitrogens with zero attached hydrogens (tertiary/aromatic N) is 3. The Morgan fingerprint density at radius 2 is 1.96 bits per heavy atom. The normalized spacial score (nSPS) is 17.9. The van der Waals surface area contributed by atoms with Gasteiger partial charge in [0.25, 0.3) is 0 Å². The number of anilines is 1. The van der Waals surface area contributed by atoms with Crippen molar-refractivity contribution < 1.29 is 4.74 Å². The van der Waals surface area contributed by atoms with Crippen molar-refractivity contribution in [3.63, 3.8) is 0 Å². The van der Waals surface area contributed by atoms with Crippen molar-refractivity contribution in [3.8, 4) is 11.1 Å². The maximum absolute atomic E-state index is 5.43. The van der Waals surface area contributed by atoms with E-state index < -0.39 is 0 Å². The fraction of sp³-hybridized carbons (Fsp3) is 0.455. The van der Waals surface area contributed by atoms with Crippen molar-refractivity contribution in [2.45, 2.75) is 25.8 Å². The van der Waals surface area contributed by atoms with E-state index in [1.165, 1.54) is 30.4 Å². The monoisotopic (exact) mass is 377 g/mol. The predicted octanol–water partition coefficient (Wildman–Crippen LogP) is 3.67. The van der Waals surface area contributed by atoms with Crippen molar-refractivity contribution in [2.24, 2.45) is 5.92 Å². The molecule has 0 bridgehead atoms. The van der Waals surface area contributed by atoms with E-state index in [1.807, 2.05) is 12.4 Å². The summed E-state index contributed by atoms with van der Waals surface area (Å²) in [6, 6.07) is 8.83. The zero-order valence-corrected chi connectivity index (χ0v) is 16.2. The van der Waals surface area contributed by atoms with E-state index in [9.17, 15) is 0 Å². The number of nitrogens with one attached hydrogen (secondary N) is 2. The standard InChI is InChI=1S/C22H27N5O/c1-2-16(1)7-8-23-22-25-14-20-19(13-24-21(20)26-22)18-5-3-17(4-6-18)15-27-9-11-28-12-10-27/h3-6,13-14,16H,1-2,7-12,15H2,(H2,23,24,25,26). The number of morpholine rings is 1. The van der Waals surface area contributed by atoms with Crippen molar-refractivity contribution in [1.29, 1.82) is 0 Å². The molecular formula is C22H27N5O. The first kappa shape index (κ1) is 17.6. The molecule has 1 aliphatic carbocycles. The van der Waals surface area contributed by atoms with Crippen LogP contribution < -0.4 is 5.32 Å². The molecule has 5 rings (SSSR count). The Kier molecular flexibility index (Phi) is 4.97. The highest BCUT2D eigenvalue weighted by Gasteiger charge is 2.20. The van der Waals surface area contributed by atoms with Crippen LogP contribution in [-0.4, -0.2) is 52.7 Å². The van der Waals surface area contributed by atoms with Gasteiger partial charge in [0.15, 0.2) is 0 Å². The summed E-state index contributed by atoms with van der Waals surface area (Å²) in [6.07, 6.45) is 7.94. The fourth-order valence-corrected chi connectivity index (χ4v) is 3.83. The third kappa shape index (κ3) is 4.03.